The van der Waals surface area contributed by atoms with Crippen molar-refractivity contribution in [3.8, 4) is 6.07 Å². The third-order valence-electron chi connectivity index (χ3n) is 3.30. The molecule has 23 heavy (non-hydrogen) atoms. The summed E-state index contributed by atoms with van der Waals surface area (Å²) >= 11 is 0. The molecule has 0 heterocycles. The minimum absolute atomic E-state index is 0.192. The highest BCUT2D eigenvalue weighted by molar-refractivity contribution is 6.11. The first-order valence-electron chi connectivity index (χ1n) is 6.62. The van der Waals surface area contributed by atoms with Gasteiger partial charge in [-0.05, 0) is 6.92 Å². The smallest absolute Gasteiger partial charge is 0.429 e. The zero-order valence-electron chi connectivity index (χ0n) is 12.3. The molecule has 0 spiro atoms. The molecular weight excluding hydrogens is 313 g/mol. The van der Waals surface area contributed by atoms with Crippen LogP contribution in [0.5, 0.6) is 0 Å². The molecule has 1 aromatic carbocycles. The number of halogens is 3. The second-order valence-electron chi connectivity index (χ2n) is 4.78. The lowest BCUT2D eigenvalue weighted by Crippen LogP contribution is -2.42. The molecule has 1 unspecified atom stereocenters. The molecule has 0 aromatic heterocycles. The summed E-state index contributed by atoms with van der Waals surface area (Å²) in [6.45, 7) is -2.88. The van der Waals surface area contributed by atoms with Crippen molar-refractivity contribution in [2.45, 2.75) is 13.0 Å². The molecule has 0 aliphatic rings. The topological polar surface area (TPSA) is 71.7 Å². The Bertz CT molecular complexity index is 575. The summed E-state index contributed by atoms with van der Waals surface area (Å²) in [5.41, 5.74) is -1.86. The summed E-state index contributed by atoms with van der Waals surface area (Å²) in [4.78, 5) is 15.9. The molecule has 1 atom stereocenters. The average Bonchev–Trinajstić information content (AvgIpc) is 2.58. The first kappa shape index (κ1) is 18.5. The van der Waals surface area contributed by atoms with Crippen LogP contribution < -0.4 is 0 Å². The zero-order chi connectivity index (χ0) is 17.3. The van der Waals surface area contributed by atoms with Crippen molar-refractivity contribution in [3.63, 3.8) is 0 Å². The number of hydrogen-bond acceptors (Lipinski definition) is 5. The van der Waals surface area contributed by atoms with E-state index >= 15 is 0 Å². The van der Waals surface area contributed by atoms with Gasteiger partial charge in [-0.3, -0.25) is 18.0 Å². The summed E-state index contributed by atoms with van der Waals surface area (Å²) in [5, 5.41) is 12.3. The monoisotopic (exact) mass is 328 g/mol. The van der Waals surface area contributed by atoms with Crippen LogP contribution in [0.2, 0.25) is 0 Å². The van der Waals surface area contributed by atoms with Crippen LogP contribution in [-0.4, -0.2) is 38.0 Å². The molecule has 0 bridgehead atoms. The third-order valence-corrected chi connectivity index (χ3v) is 3.30. The molecule has 0 saturated carbocycles. The van der Waals surface area contributed by atoms with Crippen molar-refractivity contribution in [2.75, 3.05) is 20.0 Å². The van der Waals surface area contributed by atoms with E-state index in [4.69, 9.17) is 5.26 Å². The quantitative estimate of drug-likeness (QED) is 0.333. The molecule has 0 saturated heterocycles. The molecule has 124 valence electrons. The molecule has 0 aliphatic carbocycles. The molecule has 1 rings (SSSR count). The van der Waals surface area contributed by atoms with Crippen LogP contribution in [0.3, 0.4) is 0 Å². The van der Waals surface area contributed by atoms with Gasteiger partial charge in [0.25, 0.3) is 0 Å². The van der Waals surface area contributed by atoms with Crippen molar-refractivity contribution in [2.24, 2.45) is 10.6 Å². The molecule has 0 fully saturated rings. The van der Waals surface area contributed by atoms with E-state index < -0.39 is 37.7 Å². The molecule has 5 nitrogen and oxygen atoms in total. The molecule has 0 aliphatic heterocycles. The van der Waals surface area contributed by atoms with Gasteiger partial charge in [0, 0.05) is 5.56 Å². The fraction of sp³-hybridized carbons (Fsp3) is 0.400. The van der Waals surface area contributed by atoms with Crippen molar-refractivity contribution >= 4 is 11.9 Å². The van der Waals surface area contributed by atoms with Gasteiger partial charge in [0.15, 0.2) is 5.71 Å². The Morgan fingerprint density at radius 2 is 1.83 bits per heavy atom. The maximum Gasteiger partial charge on any atom is 0.535 e. The minimum atomic E-state index is -2.07. The number of benzene rings is 1. The Morgan fingerprint density at radius 1 is 1.26 bits per heavy atom. The van der Waals surface area contributed by atoms with Gasteiger partial charge in [-0.15, -0.1) is 0 Å². The number of carbonyl (C=O) groups excluding carboxylic acids is 1. The van der Waals surface area contributed by atoms with Crippen LogP contribution in [0.25, 0.3) is 0 Å². The Balaban J connectivity index is 2.73. The van der Waals surface area contributed by atoms with Crippen LogP contribution in [0.4, 0.5) is 18.0 Å². The van der Waals surface area contributed by atoms with E-state index in [0.29, 0.717) is 5.56 Å². The lowest BCUT2D eigenvalue weighted by molar-refractivity contribution is -0.0531. The van der Waals surface area contributed by atoms with Gasteiger partial charge >= 0.3 is 6.16 Å². The van der Waals surface area contributed by atoms with E-state index in [9.17, 15) is 18.0 Å². The van der Waals surface area contributed by atoms with Crippen LogP contribution in [0.1, 0.15) is 12.5 Å². The maximum absolute atomic E-state index is 12.8. The van der Waals surface area contributed by atoms with Gasteiger partial charge in [0.2, 0.25) is 0 Å². The van der Waals surface area contributed by atoms with Crippen LogP contribution in [0.15, 0.2) is 35.5 Å². The van der Waals surface area contributed by atoms with Crippen molar-refractivity contribution in [3.05, 3.63) is 35.9 Å². The van der Waals surface area contributed by atoms with E-state index in [0.717, 1.165) is 6.92 Å². The second-order valence-corrected chi connectivity index (χ2v) is 4.78. The highest BCUT2D eigenvalue weighted by atomic mass is 19.1. The van der Waals surface area contributed by atoms with Gasteiger partial charge in [0.05, 0.1) is 5.41 Å². The zero-order valence-corrected chi connectivity index (χ0v) is 12.3. The largest absolute Gasteiger partial charge is 0.535 e. The fourth-order valence-electron chi connectivity index (χ4n) is 1.54. The number of ether oxygens (including phenoxy) is 1. The lowest BCUT2D eigenvalue weighted by atomic mass is 9.87. The summed E-state index contributed by atoms with van der Waals surface area (Å²) in [7, 11) is 0. The molecule has 8 heteroatoms. The predicted octanol–water partition coefficient (Wildman–Crippen LogP) is 3.35. The molecule has 0 radical (unpaired) electrons. The number of alkyl halides is 3. The summed E-state index contributed by atoms with van der Waals surface area (Å²) in [6, 6.07) is 9.90. The Hall–Kier alpha value is -2.56. The fourth-order valence-corrected chi connectivity index (χ4v) is 1.54. The van der Waals surface area contributed by atoms with Crippen molar-refractivity contribution in [1.82, 2.24) is 0 Å². The number of hydrogen-bond donors (Lipinski definition) is 0. The van der Waals surface area contributed by atoms with Gasteiger partial charge in [-0.25, -0.2) is 4.79 Å². The minimum Gasteiger partial charge on any atom is -0.429 e. The van der Waals surface area contributed by atoms with E-state index in [1.54, 1.807) is 36.4 Å². The van der Waals surface area contributed by atoms with Gasteiger partial charge in [-0.1, -0.05) is 35.5 Å². The average molecular weight is 328 g/mol. The first-order valence-corrected chi connectivity index (χ1v) is 6.62. The van der Waals surface area contributed by atoms with E-state index in [-0.39, 0.29) is 5.71 Å². The number of nitriles is 1. The Morgan fingerprint density at radius 3 is 2.30 bits per heavy atom. The number of rotatable bonds is 7. The van der Waals surface area contributed by atoms with Gasteiger partial charge < -0.3 is 4.74 Å². The van der Waals surface area contributed by atoms with Crippen molar-refractivity contribution in [1.29, 1.82) is 5.26 Å². The van der Waals surface area contributed by atoms with Crippen molar-refractivity contribution < 1.29 is 27.5 Å². The Kier molecular flexibility index (Phi) is 7.06. The Labute approximate surface area is 131 Å². The molecule has 0 amide bonds. The maximum atomic E-state index is 12.8. The van der Waals surface area contributed by atoms with Gasteiger partial charge in [0.1, 0.15) is 32.2 Å². The van der Waals surface area contributed by atoms with E-state index in [1.807, 2.05) is 0 Å². The van der Waals surface area contributed by atoms with Crippen LogP contribution in [0, 0.1) is 16.7 Å². The normalized spacial score (nSPS) is 13.1. The van der Waals surface area contributed by atoms with Crippen LogP contribution >= 0.6 is 0 Å². The first-order chi connectivity index (χ1) is 11.0. The lowest BCUT2D eigenvalue weighted by Gasteiger charge is -2.29. The molecule has 0 N–H and O–H groups in total. The SMILES string of the molecule is CC(OC(=O)ON=C(C#N)c1ccccc1)C(CF)(CF)CF. The van der Waals surface area contributed by atoms with Gasteiger partial charge in [-0.2, -0.15) is 5.26 Å². The number of carbonyl (C=O) groups is 1. The second kappa shape index (κ2) is 8.78. The third kappa shape index (κ3) is 4.71. The van der Waals surface area contributed by atoms with Crippen LogP contribution in [-0.2, 0) is 9.57 Å². The molecular formula is C15H15F3N2O3. The summed E-state index contributed by atoms with van der Waals surface area (Å²) < 4.78 is 43.1. The number of oxime groups is 1. The predicted molar refractivity (Wildman–Crippen MR) is 76.0 cm³/mol. The standard InChI is InChI=1S/C15H15F3N2O3/c1-11(15(8-16,9-17)10-18)22-14(21)23-20-13(7-19)12-5-3-2-4-6-12/h2-6,11H,8-10H2,1H3. The summed E-state index contributed by atoms with van der Waals surface area (Å²) in [6.07, 6.45) is -2.80. The highest BCUT2D eigenvalue weighted by Gasteiger charge is 2.40. The summed E-state index contributed by atoms with van der Waals surface area (Å²) in [5.74, 6) is 0. The number of nitrogens with zero attached hydrogens (tertiary/aromatic N) is 2. The molecule has 1 aromatic rings. The van der Waals surface area contributed by atoms with E-state index in [2.05, 4.69) is 14.7 Å². The highest BCUT2D eigenvalue weighted by Crippen LogP contribution is 2.27. The van der Waals surface area contributed by atoms with E-state index in [1.165, 1.54) is 0 Å².